The first kappa shape index (κ1) is 88.8. The highest BCUT2D eigenvalue weighted by Crippen LogP contribution is 2.43. The third-order valence-corrected chi connectivity index (χ3v) is 24.9. The Morgan fingerprint density at radius 2 is 1.17 bits per heavy atom. The second-order valence-electron chi connectivity index (χ2n) is 33.7. The van der Waals surface area contributed by atoms with Gasteiger partial charge in [0.1, 0.15) is 54.0 Å². The standard InChI is InChI=1S/C78H127ClF4N12O13/c1-14-50(6)68-75(106)89(9)45-66(98)87(7)46-67(99)91(11)62(40-51-23-17-15-18-24-51)72(103)88(8)44-64(96)84-58(32-28-52-27-31-56(57(80)39-52)78(81,82)83)71(102)95-43-55(108-47-53-25-29-54(79)30-26-53)41-60(95)70(101)86-77(33-19-20-34-77)76(107)93(13)61(38-49(4)5)73(104)92(12)63(74(105)94-35-21-16-22-36-94)42-65(97)90(10)59(37-48(2)3)69(100)85-68/h48-63,68H,14-47H2,1-13H3,(H,84,96)(H,85,100)(H,86,101)/t50-,52?,53?,54?,55+,56?,57?,58-,59-,60-,61-,62-,63-,68-/m0/s1. The summed E-state index contributed by atoms with van der Waals surface area (Å²) < 4.78 is 64.2. The van der Waals surface area contributed by atoms with Crippen molar-refractivity contribution in [3.05, 3.63) is 0 Å². The van der Waals surface area contributed by atoms with Gasteiger partial charge in [-0.3, -0.25) is 57.5 Å². The average Bonchev–Trinajstić information content (AvgIpc) is 1.56. The normalized spacial score (nSPS) is 30.7. The molecular weight excluding hydrogens is 1420 g/mol. The summed E-state index contributed by atoms with van der Waals surface area (Å²) >= 11 is 6.50. The van der Waals surface area contributed by atoms with E-state index in [1.165, 1.54) is 73.8 Å². The number of halogens is 5. The van der Waals surface area contributed by atoms with Crippen molar-refractivity contribution in [3.8, 4) is 0 Å². The molecule has 3 saturated heterocycles. The van der Waals surface area contributed by atoms with Crippen molar-refractivity contribution < 1.29 is 79.8 Å². The Morgan fingerprint density at radius 1 is 0.583 bits per heavy atom. The number of likely N-dealkylation sites (tertiary alicyclic amines) is 1. The summed E-state index contributed by atoms with van der Waals surface area (Å²) in [5.41, 5.74) is -1.66. The smallest absolute Gasteiger partial charge is 0.376 e. The number of carbonyl (C=O) groups is 12. The molecule has 4 aliphatic carbocycles. The van der Waals surface area contributed by atoms with Crippen LogP contribution in [0.1, 0.15) is 215 Å². The molecule has 25 nitrogen and oxygen atoms in total. The SMILES string of the molecule is CC[C@H](C)[C@@H]1NC(=O)[C@H](CC(C)C)N(C)C(=O)C[C@@H](C(=O)N2CCCCC2)N(C)C(=O)[C@H](CC(C)C)N(C)C(=O)C2(CCCC2)NC(=O)[C@@H]2C[C@@H](OCC3CCC(Cl)CC3)CN2C(=O)[C@H](CCC2CCC(C(F)(F)F)C(F)C2)NC(=O)CN(C)C(=O)[C@H](CC2CCCCC2)N(C)C(=O)CN(C)C(=O)CN(C)C1=O. The molecule has 3 aliphatic heterocycles. The Morgan fingerprint density at radius 3 is 1.77 bits per heavy atom. The molecule has 3 heterocycles. The van der Waals surface area contributed by atoms with E-state index in [0.29, 0.717) is 45.2 Å². The quantitative estimate of drug-likeness (QED) is 0.106. The van der Waals surface area contributed by atoms with E-state index in [9.17, 15) is 37.1 Å². The minimum atomic E-state index is -4.78. The molecule has 4 saturated carbocycles. The largest absolute Gasteiger partial charge is 0.394 e. The van der Waals surface area contributed by atoms with E-state index in [2.05, 4.69) is 16.0 Å². The van der Waals surface area contributed by atoms with Crippen molar-refractivity contribution in [2.45, 2.75) is 287 Å². The molecule has 3 unspecified atom stereocenters. The molecule has 7 aliphatic rings. The van der Waals surface area contributed by atoms with Crippen LogP contribution in [0, 0.1) is 41.4 Å². The van der Waals surface area contributed by atoms with Crippen molar-refractivity contribution in [2.24, 2.45) is 41.4 Å². The van der Waals surface area contributed by atoms with Gasteiger partial charge in [-0.1, -0.05) is 92.9 Å². The fraction of sp³-hybridized carbons (Fsp3) is 0.846. The number of ether oxygens (including phenoxy) is 1. The Bertz CT molecular complexity index is 3110. The molecule has 0 aromatic heterocycles. The van der Waals surface area contributed by atoms with Crippen LogP contribution in [0.15, 0.2) is 0 Å². The number of nitrogens with zero attached hydrogens (tertiary/aromatic N) is 9. The third kappa shape index (κ3) is 23.6. The van der Waals surface area contributed by atoms with E-state index in [0.717, 1.165) is 78.9 Å². The fourth-order valence-electron chi connectivity index (χ4n) is 17.3. The lowest BCUT2D eigenvalue weighted by Gasteiger charge is -2.41. The van der Waals surface area contributed by atoms with Crippen LogP contribution in [0.4, 0.5) is 17.6 Å². The van der Waals surface area contributed by atoms with E-state index in [1.54, 1.807) is 11.8 Å². The molecular formula is C78H127ClF4N12O13. The molecule has 0 aromatic rings. The van der Waals surface area contributed by atoms with E-state index < -0.39 is 194 Å². The van der Waals surface area contributed by atoms with Gasteiger partial charge in [0.05, 0.1) is 38.1 Å². The fourth-order valence-corrected chi connectivity index (χ4v) is 17.5. The number of amides is 12. The summed E-state index contributed by atoms with van der Waals surface area (Å²) in [6, 6.07) is -9.15. The zero-order chi connectivity index (χ0) is 79.8. The number of alkyl halides is 5. The molecule has 7 fully saturated rings. The average molecular weight is 1550 g/mol. The number of hydrogen-bond donors (Lipinski definition) is 3. The van der Waals surface area contributed by atoms with Crippen LogP contribution in [0.2, 0.25) is 0 Å². The highest BCUT2D eigenvalue weighted by atomic mass is 35.5. The molecule has 108 heavy (non-hydrogen) atoms. The number of hydrogen-bond acceptors (Lipinski definition) is 13. The van der Waals surface area contributed by atoms with Gasteiger partial charge in [0.2, 0.25) is 70.9 Å². The molecule has 30 heteroatoms. The lowest BCUT2D eigenvalue weighted by molar-refractivity contribution is -0.201. The number of likely N-dealkylation sites (N-methyl/N-ethyl adjacent to an activating group) is 7. The Kier molecular flexibility index (Phi) is 33.0. The molecule has 0 radical (unpaired) electrons. The number of carbonyl (C=O) groups excluding carboxylic acids is 12. The van der Waals surface area contributed by atoms with Crippen molar-refractivity contribution in [3.63, 3.8) is 0 Å². The summed E-state index contributed by atoms with van der Waals surface area (Å²) in [6.45, 7) is 10.1. The molecule has 7 rings (SSSR count). The summed E-state index contributed by atoms with van der Waals surface area (Å²) in [5.74, 6) is -11.8. The van der Waals surface area contributed by atoms with E-state index >= 15 is 38.0 Å². The van der Waals surface area contributed by atoms with Crippen LogP contribution in [0.5, 0.6) is 0 Å². The maximum absolute atomic E-state index is 15.8. The maximum atomic E-state index is 15.8. The predicted octanol–water partition coefficient (Wildman–Crippen LogP) is 7.47. The van der Waals surface area contributed by atoms with Crippen LogP contribution in [0.25, 0.3) is 0 Å². The van der Waals surface area contributed by atoms with Gasteiger partial charge in [-0.2, -0.15) is 13.2 Å². The molecule has 612 valence electrons. The zero-order valence-electron chi connectivity index (χ0n) is 66.6. The van der Waals surface area contributed by atoms with Gasteiger partial charge < -0.3 is 64.8 Å². The first-order chi connectivity index (χ1) is 50.9. The summed E-state index contributed by atoms with van der Waals surface area (Å²) in [4.78, 5) is 192. The number of fused-ring (bicyclic) bond motifs is 1. The minimum Gasteiger partial charge on any atom is -0.376 e. The van der Waals surface area contributed by atoms with Crippen LogP contribution < -0.4 is 16.0 Å². The summed E-state index contributed by atoms with van der Waals surface area (Å²) in [6.07, 6.45) is 1.85. The maximum Gasteiger partial charge on any atom is 0.394 e. The Balaban J connectivity index is 1.31. The van der Waals surface area contributed by atoms with Gasteiger partial charge >= 0.3 is 6.18 Å². The summed E-state index contributed by atoms with van der Waals surface area (Å²) in [7, 11) is 9.88. The van der Waals surface area contributed by atoms with Crippen molar-refractivity contribution in [1.29, 1.82) is 0 Å². The monoisotopic (exact) mass is 1550 g/mol. The van der Waals surface area contributed by atoms with Gasteiger partial charge in [0.25, 0.3) is 0 Å². The molecule has 0 aromatic carbocycles. The lowest BCUT2D eigenvalue weighted by Crippen LogP contribution is -2.64. The number of piperidine rings is 1. The van der Waals surface area contributed by atoms with Gasteiger partial charge in [-0.15, -0.1) is 11.6 Å². The molecule has 3 N–H and O–H groups in total. The molecule has 1 spiro atoms. The third-order valence-electron chi connectivity index (χ3n) is 24.5. The van der Waals surface area contributed by atoms with Gasteiger partial charge in [0.15, 0.2) is 0 Å². The van der Waals surface area contributed by atoms with Crippen LogP contribution in [-0.2, 0) is 62.3 Å². The molecule has 12 amide bonds. The Labute approximate surface area is 642 Å². The predicted molar refractivity (Wildman–Crippen MR) is 399 cm³/mol. The van der Waals surface area contributed by atoms with E-state index in [4.69, 9.17) is 16.3 Å². The van der Waals surface area contributed by atoms with Gasteiger partial charge in [0, 0.05) is 87.4 Å². The van der Waals surface area contributed by atoms with Crippen molar-refractivity contribution in [1.82, 2.24) is 60.0 Å². The van der Waals surface area contributed by atoms with E-state index in [-0.39, 0.29) is 100.0 Å². The zero-order valence-corrected chi connectivity index (χ0v) is 67.3. The highest BCUT2D eigenvalue weighted by molar-refractivity contribution is 6.20. The van der Waals surface area contributed by atoms with Crippen LogP contribution in [-0.4, -0.2) is 282 Å². The second kappa shape index (κ2) is 40.2. The molecule has 0 bridgehead atoms. The first-order valence-corrected chi connectivity index (χ1v) is 40.6. The lowest BCUT2D eigenvalue weighted by atomic mass is 9.78. The first-order valence-electron chi connectivity index (χ1n) is 40.1. The van der Waals surface area contributed by atoms with Crippen molar-refractivity contribution in [2.75, 3.05) is 95.2 Å². The summed E-state index contributed by atoms with van der Waals surface area (Å²) in [5, 5.41) is 8.82. The van der Waals surface area contributed by atoms with Crippen LogP contribution >= 0.6 is 11.6 Å². The van der Waals surface area contributed by atoms with Gasteiger partial charge in [-0.05, 0) is 145 Å². The van der Waals surface area contributed by atoms with Crippen LogP contribution in [0.3, 0.4) is 0 Å². The number of nitrogens with one attached hydrogen (secondary N) is 3. The minimum absolute atomic E-state index is 0.00495. The Hall–Kier alpha value is -6.39. The second-order valence-corrected chi connectivity index (χ2v) is 34.3. The number of rotatable bonds is 15. The highest BCUT2D eigenvalue weighted by Gasteiger charge is 2.53. The molecule has 12 atom stereocenters. The van der Waals surface area contributed by atoms with Gasteiger partial charge in [-0.25, -0.2) is 4.39 Å². The van der Waals surface area contributed by atoms with Crippen molar-refractivity contribution >= 4 is 82.5 Å². The van der Waals surface area contributed by atoms with E-state index in [1.807, 2.05) is 34.6 Å². The topological polar surface area (TPSA) is 279 Å².